The number of para-hydroxylation sites is 2. The van der Waals surface area contributed by atoms with E-state index in [2.05, 4.69) is 11.1 Å². The molecule has 3 aromatic rings. The van der Waals surface area contributed by atoms with E-state index >= 15 is 0 Å². The van der Waals surface area contributed by atoms with Gasteiger partial charge in [-0.25, -0.2) is 4.98 Å². The maximum atomic E-state index is 6.23. The molecule has 0 aliphatic heterocycles. The SMILES string of the molecule is NCCc1cccc(Cl)c1OCc1nc2ccccc2s1. The van der Waals surface area contributed by atoms with Crippen LogP contribution in [0.3, 0.4) is 0 Å². The third kappa shape index (κ3) is 3.18. The Kier molecular flexibility index (Phi) is 4.39. The van der Waals surface area contributed by atoms with Gasteiger partial charge in [-0.2, -0.15) is 0 Å². The molecule has 0 bridgehead atoms. The molecule has 0 amide bonds. The van der Waals surface area contributed by atoms with E-state index in [0.29, 0.717) is 23.9 Å². The van der Waals surface area contributed by atoms with E-state index in [1.54, 1.807) is 11.3 Å². The summed E-state index contributed by atoms with van der Waals surface area (Å²) >= 11 is 7.86. The fourth-order valence-electron chi connectivity index (χ4n) is 2.18. The Morgan fingerprint density at radius 2 is 2.00 bits per heavy atom. The van der Waals surface area contributed by atoms with Crippen molar-refractivity contribution in [2.45, 2.75) is 13.0 Å². The van der Waals surface area contributed by atoms with Crippen molar-refractivity contribution in [3.05, 3.63) is 58.1 Å². The second-order valence-corrected chi connectivity index (χ2v) is 6.15. The van der Waals surface area contributed by atoms with Crippen molar-refractivity contribution in [1.82, 2.24) is 4.98 Å². The number of rotatable bonds is 5. The Balaban J connectivity index is 1.81. The first-order valence-corrected chi connectivity index (χ1v) is 7.92. The minimum Gasteiger partial charge on any atom is -0.485 e. The summed E-state index contributed by atoms with van der Waals surface area (Å²) in [5.74, 6) is 0.712. The average Bonchev–Trinajstić information content (AvgIpc) is 2.90. The van der Waals surface area contributed by atoms with Crippen LogP contribution in [-0.2, 0) is 13.0 Å². The molecule has 0 unspecified atom stereocenters. The second kappa shape index (κ2) is 6.43. The molecule has 108 valence electrons. The van der Waals surface area contributed by atoms with E-state index in [9.17, 15) is 0 Å². The van der Waals surface area contributed by atoms with Gasteiger partial charge in [0.1, 0.15) is 17.4 Å². The largest absolute Gasteiger partial charge is 0.485 e. The highest BCUT2D eigenvalue weighted by atomic mass is 35.5. The van der Waals surface area contributed by atoms with Crippen LogP contribution >= 0.6 is 22.9 Å². The number of hydrogen-bond donors (Lipinski definition) is 1. The highest BCUT2D eigenvalue weighted by molar-refractivity contribution is 7.18. The third-order valence-electron chi connectivity index (χ3n) is 3.14. The fourth-order valence-corrected chi connectivity index (χ4v) is 3.31. The molecule has 0 atom stereocenters. The van der Waals surface area contributed by atoms with Crippen LogP contribution in [0.4, 0.5) is 0 Å². The molecule has 0 saturated heterocycles. The lowest BCUT2D eigenvalue weighted by atomic mass is 10.1. The summed E-state index contributed by atoms with van der Waals surface area (Å²) in [6.45, 7) is 0.985. The van der Waals surface area contributed by atoms with Crippen LogP contribution in [0.1, 0.15) is 10.6 Å². The summed E-state index contributed by atoms with van der Waals surface area (Å²) in [6, 6.07) is 13.8. The molecule has 0 fully saturated rings. The molecule has 3 nitrogen and oxygen atoms in total. The number of fused-ring (bicyclic) bond motifs is 1. The molecular formula is C16H15ClN2OS. The van der Waals surface area contributed by atoms with Crippen molar-refractivity contribution < 1.29 is 4.74 Å². The number of ether oxygens (including phenoxy) is 1. The zero-order valence-electron chi connectivity index (χ0n) is 11.4. The number of aromatic nitrogens is 1. The van der Waals surface area contributed by atoms with Crippen molar-refractivity contribution in [3.63, 3.8) is 0 Å². The highest BCUT2D eigenvalue weighted by Crippen LogP contribution is 2.30. The Bertz CT molecular complexity index is 724. The van der Waals surface area contributed by atoms with E-state index in [1.165, 1.54) is 0 Å². The lowest BCUT2D eigenvalue weighted by molar-refractivity contribution is 0.303. The molecule has 1 heterocycles. The topological polar surface area (TPSA) is 48.1 Å². The van der Waals surface area contributed by atoms with Crippen molar-refractivity contribution >= 4 is 33.2 Å². The average molecular weight is 319 g/mol. The van der Waals surface area contributed by atoms with E-state index in [1.807, 2.05) is 36.4 Å². The summed E-state index contributed by atoms with van der Waals surface area (Å²) in [7, 11) is 0. The quantitative estimate of drug-likeness (QED) is 0.772. The fraction of sp³-hybridized carbons (Fsp3) is 0.188. The molecule has 0 radical (unpaired) electrons. The van der Waals surface area contributed by atoms with Crippen molar-refractivity contribution in [1.29, 1.82) is 0 Å². The van der Waals surface area contributed by atoms with Gasteiger partial charge in [0.2, 0.25) is 0 Å². The van der Waals surface area contributed by atoms with Crippen molar-refractivity contribution in [3.8, 4) is 5.75 Å². The summed E-state index contributed by atoms with van der Waals surface area (Å²) in [5, 5.41) is 1.55. The lowest BCUT2D eigenvalue weighted by Gasteiger charge is -2.11. The van der Waals surface area contributed by atoms with E-state index in [4.69, 9.17) is 22.1 Å². The summed E-state index contributed by atoms with van der Waals surface area (Å²) in [4.78, 5) is 4.56. The molecule has 5 heteroatoms. The van der Waals surface area contributed by atoms with Crippen LogP contribution in [0.2, 0.25) is 5.02 Å². The zero-order valence-corrected chi connectivity index (χ0v) is 13.0. The minimum atomic E-state index is 0.417. The zero-order chi connectivity index (χ0) is 14.7. The Labute approximate surface area is 132 Å². The summed E-state index contributed by atoms with van der Waals surface area (Å²) in [5.41, 5.74) is 7.66. The molecule has 2 aromatic carbocycles. The normalized spacial score (nSPS) is 11.0. The third-order valence-corrected chi connectivity index (χ3v) is 4.45. The molecule has 0 aliphatic rings. The molecule has 2 N–H and O–H groups in total. The number of benzene rings is 2. The van der Waals surface area contributed by atoms with Crippen molar-refractivity contribution in [2.75, 3.05) is 6.54 Å². The smallest absolute Gasteiger partial charge is 0.141 e. The van der Waals surface area contributed by atoms with Gasteiger partial charge in [0, 0.05) is 0 Å². The highest BCUT2D eigenvalue weighted by Gasteiger charge is 2.10. The van der Waals surface area contributed by atoms with Gasteiger partial charge in [-0.1, -0.05) is 35.9 Å². The van der Waals surface area contributed by atoms with Gasteiger partial charge in [-0.05, 0) is 36.7 Å². The summed E-state index contributed by atoms with van der Waals surface area (Å²) < 4.78 is 7.06. The van der Waals surface area contributed by atoms with Crippen LogP contribution in [0.5, 0.6) is 5.75 Å². The van der Waals surface area contributed by atoms with Crippen LogP contribution in [-0.4, -0.2) is 11.5 Å². The molecule has 0 aliphatic carbocycles. The molecule has 3 rings (SSSR count). The second-order valence-electron chi connectivity index (χ2n) is 4.63. The van der Waals surface area contributed by atoms with Gasteiger partial charge in [0.05, 0.1) is 15.2 Å². The Morgan fingerprint density at radius 3 is 2.81 bits per heavy atom. The van der Waals surface area contributed by atoms with Crippen LogP contribution in [0.25, 0.3) is 10.2 Å². The van der Waals surface area contributed by atoms with E-state index < -0.39 is 0 Å². The van der Waals surface area contributed by atoms with Crippen molar-refractivity contribution in [2.24, 2.45) is 5.73 Å². The van der Waals surface area contributed by atoms with Crippen LogP contribution in [0, 0.1) is 0 Å². The van der Waals surface area contributed by atoms with Crippen LogP contribution < -0.4 is 10.5 Å². The predicted octanol–water partition coefficient (Wildman–Crippen LogP) is 4.03. The van der Waals surface area contributed by atoms with Crippen LogP contribution in [0.15, 0.2) is 42.5 Å². The minimum absolute atomic E-state index is 0.417. The molecule has 21 heavy (non-hydrogen) atoms. The number of nitrogens with two attached hydrogens (primary N) is 1. The van der Waals surface area contributed by atoms with Gasteiger partial charge < -0.3 is 10.5 Å². The maximum absolute atomic E-state index is 6.23. The predicted molar refractivity (Wildman–Crippen MR) is 88.2 cm³/mol. The first-order valence-electron chi connectivity index (χ1n) is 6.72. The molecule has 0 spiro atoms. The van der Waals surface area contributed by atoms with E-state index in [0.717, 1.165) is 27.2 Å². The van der Waals surface area contributed by atoms with Gasteiger partial charge in [0.25, 0.3) is 0 Å². The number of thiazole rings is 1. The van der Waals surface area contributed by atoms with Gasteiger partial charge in [-0.15, -0.1) is 11.3 Å². The lowest BCUT2D eigenvalue weighted by Crippen LogP contribution is -2.05. The molecular weight excluding hydrogens is 304 g/mol. The van der Waals surface area contributed by atoms with Gasteiger partial charge >= 0.3 is 0 Å². The van der Waals surface area contributed by atoms with E-state index in [-0.39, 0.29) is 0 Å². The molecule has 0 saturated carbocycles. The first-order chi connectivity index (χ1) is 10.3. The number of nitrogens with zero attached hydrogens (tertiary/aromatic N) is 1. The standard InChI is InChI=1S/C16H15ClN2OS/c17-12-5-3-4-11(8-9-18)16(12)20-10-15-19-13-6-1-2-7-14(13)21-15/h1-7H,8-10,18H2. The Hall–Kier alpha value is -1.62. The summed E-state index contributed by atoms with van der Waals surface area (Å²) in [6.07, 6.45) is 0.746. The van der Waals surface area contributed by atoms with Gasteiger partial charge in [0.15, 0.2) is 0 Å². The maximum Gasteiger partial charge on any atom is 0.141 e. The number of hydrogen-bond acceptors (Lipinski definition) is 4. The van der Waals surface area contributed by atoms with Gasteiger partial charge in [-0.3, -0.25) is 0 Å². The Morgan fingerprint density at radius 1 is 1.14 bits per heavy atom. The monoisotopic (exact) mass is 318 g/mol. The molecule has 1 aromatic heterocycles. The number of halogens is 1. The first kappa shape index (κ1) is 14.3.